The zero-order valence-corrected chi connectivity index (χ0v) is 10.7. The van der Waals surface area contributed by atoms with Crippen molar-refractivity contribution in [1.82, 2.24) is 0 Å². The Morgan fingerprint density at radius 2 is 1.89 bits per heavy atom. The minimum Gasteiger partial charge on any atom is -0.407 e. The lowest BCUT2D eigenvalue weighted by molar-refractivity contribution is -0.142. The quantitative estimate of drug-likeness (QED) is 0.569. The fraction of sp³-hybridized carbons (Fsp3) is 0.375. The number of cyclic esters (lactones) is 1. The smallest absolute Gasteiger partial charge is 0.318 e. The number of hydrogen-bond acceptors (Lipinski definition) is 3. The summed E-state index contributed by atoms with van der Waals surface area (Å²) in [4.78, 5) is 16.9. The van der Waals surface area contributed by atoms with E-state index in [1.165, 1.54) is 5.56 Å². The van der Waals surface area contributed by atoms with Crippen LogP contribution >= 0.6 is 0 Å². The number of ether oxygens (including phenoxy) is 1. The van der Waals surface area contributed by atoms with Gasteiger partial charge in [-0.25, -0.2) is 4.99 Å². The van der Waals surface area contributed by atoms with Crippen LogP contribution in [0.1, 0.15) is 17.5 Å². The van der Waals surface area contributed by atoms with E-state index in [9.17, 15) is 4.79 Å². The van der Waals surface area contributed by atoms with Gasteiger partial charge in [0.2, 0.25) is 5.90 Å². The highest BCUT2D eigenvalue weighted by molar-refractivity contribution is 6.03. The topological polar surface area (TPSA) is 38.7 Å². The number of rotatable bonds is 1. The van der Waals surface area contributed by atoms with Crippen LogP contribution in [0.3, 0.4) is 0 Å². The number of benzene rings is 1. The summed E-state index contributed by atoms with van der Waals surface area (Å²) in [6.07, 6.45) is 5.41. The minimum atomic E-state index is -0.104. The Hall–Kier alpha value is -1.90. The molecule has 2 aliphatic carbocycles. The van der Waals surface area contributed by atoms with Crippen LogP contribution in [-0.2, 0) is 9.53 Å². The van der Waals surface area contributed by atoms with Gasteiger partial charge >= 0.3 is 5.97 Å². The number of carbonyl (C=O) groups is 1. The van der Waals surface area contributed by atoms with E-state index in [0.29, 0.717) is 17.7 Å². The molecule has 4 atom stereocenters. The summed E-state index contributed by atoms with van der Waals surface area (Å²) in [6.45, 7) is 2.04. The molecule has 1 fully saturated rings. The summed E-state index contributed by atoms with van der Waals surface area (Å²) in [7, 11) is 0. The van der Waals surface area contributed by atoms with Crippen molar-refractivity contribution in [2.75, 3.05) is 0 Å². The summed E-state index contributed by atoms with van der Waals surface area (Å²) in [5, 5.41) is 0. The Kier molecular flexibility index (Phi) is 2.19. The van der Waals surface area contributed by atoms with Crippen LogP contribution in [-0.4, -0.2) is 17.9 Å². The first-order valence-electron chi connectivity index (χ1n) is 6.77. The molecule has 3 heteroatoms. The van der Waals surface area contributed by atoms with Gasteiger partial charge in [0.15, 0.2) is 0 Å². The molecule has 2 bridgehead atoms. The lowest BCUT2D eigenvalue weighted by Crippen LogP contribution is -2.38. The molecule has 0 amide bonds. The second kappa shape index (κ2) is 3.80. The van der Waals surface area contributed by atoms with Crippen molar-refractivity contribution >= 4 is 11.9 Å². The molecule has 3 nitrogen and oxygen atoms in total. The minimum absolute atomic E-state index is 0.0517. The number of aliphatic imine (C=N–C) groups is 1. The molecule has 0 unspecified atom stereocenters. The molecule has 0 radical (unpaired) electrons. The molecule has 0 N–H and O–H groups in total. The Morgan fingerprint density at radius 1 is 1.16 bits per heavy atom. The van der Waals surface area contributed by atoms with Gasteiger partial charge in [0.25, 0.3) is 0 Å². The Labute approximate surface area is 112 Å². The molecule has 1 aromatic rings. The fourth-order valence-electron chi connectivity index (χ4n) is 3.44. The summed E-state index contributed by atoms with van der Waals surface area (Å²) >= 11 is 0. The molecular weight excluding hydrogens is 238 g/mol. The number of esters is 1. The van der Waals surface area contributed by atoms with Crippen LogP contribution in [0, 0.1) is 24.7 Å². The number of nitrogens with zero attached hydrogens (tertiary/aromatic N) is 1. The average molecular weight is 253 g/mol. The summed E-state index contributed by atoms with van der Waals surface area (Å²) in [6, 6.07) is 8.04. The molecule has 0 spiro atoms. The van der Waals surface area contributed by atoms with Crippen molar-refractivity contribution in [3.8, 4) is 0 Å². The van der Waals surface area contributed by atoms with Crippen LogP contribution in [0.15, 0.2) is 41.4 Å². The van der Waals surface area contributed by atoms with Gasteiger partial charge in [0, 0.05) is 11.5 Å². The van der Waals surface area contributed by atoms with Crippen LogP contribution in [0.5, 0.6) is 0 Å². The molecule has 1 aliphatic heterocycles. The highest BCUT2D eigenvalue weighted by atomic mass is 16.5. The van der Waals surface area contributed by atoms with E-state index in [4.69, 9.17) is 9.73 Å². The zero-order valence-electron chi connectivity index (χ0n) is 10.7. The van der Waals surface area contributed by atoms with Crippen molar-refractivity contribution in [3.05, 3.63) is 47.5 Å². The molecule has 0 aromatic heterocycles. The van der Waals surface area contributed by atoms with Gasteiger partial charge in [-0.05, 0) is 31.4 Å². The highest BCUT2D eigenvalue weighted by Gasteiger charge is 2.51. The predicted octanol–water partition coefficient (Wildman–Crippen LogP) is 2.49. The van der Waals surface area contributed by atoms with E-state index >= 15 is 0 Å². The second-order valence-electron chi connectivity index (χ2n) is 5.69. The Balaban J connectivity index is 1.73. The van der Waals surface area contributed by atoms with E-state index < -0.39 is 0 Å². The highest BCUT2D eigenvalue weighted by Crippen LogP contribution is 2.47. The predicted molar refractivity (Wildman–Crippen MR) is 71.8 cm³/mol. The standard InChI is InChI=1S/C16H15NO2/c1-9-2-4-10(5-3-9)15-17-14-12-7-6-11(8-12)13(14)16(18)19-15/h2-7,11-14H,8H2,1H3/t11-,12+,13-,14+/m0/s1. The third kappa shape index (κ3) is 1.57. The molecule has 3 aliphatic rings. The summed E-state index contributed by atoms with van der Waals surface area (Å²) in [5.74, 6) is 1.10. The lowest BCUT2D eigenvalue weighted by atomic mass is 9.88. The van der Waals surface area contributed by atoms with Gasteiger partial charge in [0.1, 0.15) is 0 Å². The number of fused-ring (bicyclic) bond motifs is 5. The normalized spacial score (nSPS) is 35.0. The number of hydrogen-bond donors (Lipinski definition) is 0. The van der Waals surface area contributed by atoms with Gasteiger partial charge in [-0.2, -0.15) is 0 Å². The number of allylic oxidation sites excluding steroid dienone is 1. The average Bonchev–Trinajstić information content (AvgIpc) is 3.00. The van der Waals surface area contributed by atoms with Crippen LogP contribution in [0.25, 0.3) is 0 Å². The molecule has 1 aromatic carbocycles. The molecule has 0 saturated heterocycles. The Morgan fingerprint density at radius 3 is 2.68 bits per heavy atom. The Bertz CT molecular complexity index is 600. The maximum atomic E-state index is 12.2. The maximum absolute atomic E-state index is 12.2. The first-order chi connectivity index (χ1) is 9.22. The third-order valence-corrected chi connectivity index (χ3v) is 4.45. The van der Waals surface area contributed by atoms with E-state index in [1.54, 1.807) is 0 Å². The van der Waals surface area contributed by atoms with E-state index in [0.717, 1.165) is 12.0 Å². The number of carbonyl (C=O) groups excluding carboxylic acids is 1. The maximum Gasteiger partial charge on any atom is 0.318 e. The van der Waals surface area contributed by atoms with Crippen LogP contribution in [0.2, 0.25) is 0 Å². The van der Waals surface area contributed by atoms with E-state index in [2.05, 4.69) is 12.2 Å². The van der Waals surface area contributed by atoms with Gasteiger partial charge in [-0.3, -0.25) is 4.79 Å². The fourth-order valence-corrected chi connectivity index (χ4v) is 3.44. The van der Waals surface area contributed by atoms with Crippen molar-refractivity contribution < 1.29 is 9.53 Å². The van der Waals surface area contributed by atoms with Crippen molar-refractivity contribution in [1.29, 1.82) is 0 Å². The van der Waals surface area contributed by atoms with Crippen LogP contribution < -0.4 is 0 Å². The van der Waals surface area contributed by atoms with Crippen molar-refractivity contribution in [2.24, 2.45) is 22.7 Å². The molecule has 1 saturated carbocycles. The van der Waals surface area contributed by atoms with Gasteiger partial charge in [-0.1, -0.05) is 29.8 Å². The monoisotopic (exact) mass is 253 g/mol. The van der Waals surface area contributed by atoms with E-state index in [-0.39, 0.29) is 17.9 Å². The van der Waals surface area contributed by atoms with Crippen molar-refractivity contribution in [3.63, 3.8) is 0 Å². The molecule has 96 valence electrons. The van der Waals surface area contributed by atoms with E-state index in [1.807, 2.05) is 31.2 Å². The third-order valence-electron chi connectivity index (χ3n) is 4.45. The summed E-state index contributed by atoms with van der Waals surface area (Å²) < 4.78 is 5.46. The molecule has 1 heterocycles. The van der Waals surface area contributed by atoms with Gasteiger partial charge in [-0.15, -0.1) is 0 Å². The molecule has 4 rings (SSSR count). The zero-order chi connectivity index (χ0) is 13.0. The molecular formula is C16H15NO2. The first kappa shape index (κ1) is 11.0. The number of aryl methyl sites for hydroxylation is 1. The van der Waals surface area contributed by atoms with Crippen LogP contribution in [0.4, 0.5) is 0 Å². The SMILES string of the molecule is Cc1ccc(C2=N[C@H]3[C@@H](C(=O)O2)[C@H]2C=C[C@@H]3C2)cc1. The largest absolute Gasteiger partial charge is 0.407 e. The lowest BCUT2D eigenvalue weighted by Gasteiger charge is -2.28. The second-order valence-corrected chi connectivity index (χ2v) is 5.69. The van der Waals surface area contributed by atoms with Gasteiger partial charge in [0.05, 0.1) is 12.0 Å². The first-order valence-corrected chi connectivity index (χ1v) is 6.77. The van der Waals surface area contributed by atoms with Crippen molar-refractivity contribution in [2.45, 2.75) is 19.4 Å². The van der Waals surface area contributed by atoms with Gasteiger partial charge < -0.3 is 4.74 Å². The summed E-state index contributed by atoms with van der Waals surface area (Å²) in [5.41, 5.74) is 2.08. The molecule has 19 heavy (non-hydrogen) atoms.